The quantitative estimate of drug-likeness (QED) is 0.177. The molecule has 1 heteroatoms. The summed E-state index contributed by atoms with van der Waals surface area (Å²) in [6.07, 6.45) is 2.51. The van der Waals surface area contributed by atoms with Gasteiger partial charge in [0.05, 0.1) is 7.85 Å². The molecule has 0 unspecified atom stereocenters. The Bertz CT molecular complexity index is 1440. The van der Waals surface area contributed by atoms with Gasteiger partial charge in [0.1, 0.15) is 0 Å². The van der Waals surface area contributed by atoms with E-state index in [1.807, 2.05) is 0 Å². The minimum absolute atomic E-state index is 0.359. The van der Waals surface area contributed by atoms with Gasteiger partial charge >= 0.3 is 0 Å². The van der Waals surface area contributed by atoms with E-state index < -0.39 is 0 Å². The van der Waals surface area contributed by atoms with E-state index in [4.69, 9.17) is 7.85 Å². The van der Waals surface area contributed by atoms with Gasteiger partial charge in [-0.25, -0.2) is 0 Å². The number of hydrogen-bond acceptors (Lipinski definition) is 0. The first-order valence-electron chi connectivity index (χ1n) is 12.5. The number of fused-ring (bicyclic) bond motifs is 3. The minimum Gasteiger partial charge on any atom is -0.0886 e. The molecule has 6 rings (SSSR count). The summed E-state index contributed by atoms with van der Waals surface area (Å²) in [5.41, 5.74) is 3.67. The summed E-state index contributed by atoms with van der Waals surface area (Å²) in [5.74, 6) is 0. The smallest absolute Gasteiger partial charge is 0.0653 e. The lowest BCUT2D eigenvalue weighted by molar-refractivity contribution is 0.562. The highest BCUT2D eigenvalue weighted by molar-refractivity contribution is 6.08. The zero-order valence-corrected chi connectivity index (χ0v) is 19.8. The molecule has 35 heavy (non-hydrogen) atoms. The highest BCUT2D eigenvalue weighted by Gasteiger charge is 2.39. The molecule has 0 aliphatic heterocycles. The Morgan fingerprint density at radius 2 is 0.771 bits per heavy atom. The van der Waals surface area contributed by atoms with Crippen molar-refractivity contribution in [1.82, 2.24) is 0 Å². The third kappa shape index (κ3) is 3.54. The van der Waals surface area contributed by atoms with Gasteiger partial charge in [-0.2, -0.15) is 0 Å². The summed E-state index contributed by atoms with van der Waals surface area (Å²) in [6, 6.07) is 46.7. The van der Waals surface area contributed by atoms with Crippen LogP contribution in [0.25, 0.3) is 32.3 Å². The zero-order valence-electron chi connectivity index (χ0n) is 19.8. The maximum absolute atomic E-state index is 6.21. The Kier molecular flexibility index (Phi) is 5.62. The van der Waals surface area contributed by atoms with Gasteiger partial charge in [-0.15, -0.1) is 0 Å². The molecule has 0 aliphatic carbocycles. The molecule has 0 bridgehead atoms. The van der Waals surface area contributed by atoms with Crippen LogP contribution in [0.5, 0.6) is 0 Å². The topological polar surface area (TPSA) is 0 Å². The fourth-order valence-corrected chi connectivity index (χ4v) is 6.00. The predicted octanol–water partition coefficient (Wildman–Crippen LogP) is 8.85. The molecule has 0 nitrogen and oxygen atoms in total. The molecule has 0 fully saturated rings. The Hall–Kier alpha value is -3.84. The monoisotopic (exact) mass is 446 g/mol. The number of rotatable bonds is 6. The molecule has 0 saturated carbocycles. The number of hydrogen-bond donors (Lipinski definition) is 0. The first-order chi connectivity index (χ1) is 17.3. The molecule has 0 saturated heterocycles. The molecule has 0 spiro atoms. The van der Waals surface area contributed by atoms with Crippen molar-refractivity contribution in [3.63, 3.8) is 0 Å². The molecule has 0 aromatic heterocycles. The van der Waals surface area contributed by atoms with Crippen LogP contribution in [0.3, 0.4) is 0 Å². The molecule has 166 valence electrons. The predicted molar refractivity (Wildman–Crippen MR) is 152 cm³/mol. The van der Waals surface area contributed by atoms with Gasteiger partial charge in [-0.05, 0) is 55.4 Å². The molecule has 0 N–H and O–H groups in total. The lowest BCUT2D eigenvalue weighted by Gasteiger charge is -2.39. The van der Waals surface area contributed by atoms with Crippen LogP contribution in [-0.2, 0) is 5.41 Å². The third-order valence-corrected chi connectivity index (χ3v) is 7.50. The van der Waals surface area contributed by atoms with E-state index >= 15 is 0 Å². The van der Waals surface area contributed by atoms with Crippen molar-refractivity contribution in [3.8, 4) is 0 Å². The molecule has 0 amide bonds. The molecular weight excluding hydrogens is 419 g/mol. The van der Waals surface area contributed by atoms with Crippen molar-refractivity contribution >= 4 is 40.2 Å². The molecule has 0 heterocycles. The van der Waals surface area contributed by atoms with E-state index in [9.17, 15) is 0 Å². The summed E-state index contributed by atoms with van der Waals surface area (Å²) in [6.45, 7) is 0. The SMILES string of the molecule is [B]CCCC(c1cccc2ccccc12)(c1cccc2ccccc12)c1cccc2ccccc12. The average Bonchev–Trinajstić information content (AvgIpc) is 2.93. The van der Waals surface area contributed by atoms with Crippen LogP contribution >= 0.6 is 0 Å². The maximum atomic E-state index is 6.21. The first-order valence-corrected chi connectivity index (χ1v) is 12.5. The fraction of sp³-hybridized carbons (Fsp3) is 0.118. The second-order valence-electron chi connectivity index (χ2n) is 9.38. The van der Waals surface area contributed by atoms with Crippen molar-refractivity contribution in [3.05, 3.63) is 144 Å². The Balaban J connectivity index is 1.83. The van der Waals surface area contributed by atoms with Crippen LogP contribution in [0, 0.1) is 0 Å². The molecule has 6 aromatic carbocycles. The van der Waals surface area contributed by atoms with Crippen molar-refractivity contribution in [2.24, 2.45) is 0 Å². The Labute approximate surface area is 208 Å². The van der Waals surface area contributed by atoms with Gasteiger partial charge in [0.15, 0.2) is 0 Å². The van der Waals surface area contributed by atoms with Crippen LogP contribution in [0.1, 0.15) is 29.5 Å². The third-order valence-electron chi connectivity index (χ3n) is 7.50. The normalized spacial score (nSPS) is 11.9. The standard InChI is InChI=1S/C34H27B/c35-24-10-23-34(31-20-7-14-25-11-1-4-17-28(25)31,32-21-8-15-26-12-2-5-18-29(26)32)33-22-9-16-27-13-3-6-19-30(27)33/h1-9,11-22H,10,23-24H2. The molecule has 2 radical (unpaired) electrons. The number of benzene rings is 6. The highest BCUT2D eigenvalue weighted by atomic mass is 14.4. The van der Waals surface area contributed by atoms with Crippen LogP contribution in [-0.4, -0.2) is 7.85 Å². The van der Waals surface area contributed by atoms with E-state index in [-0.39, 0.29) is 5.41 Å². The summed E-state index contributed by atoms with van der Waals surface area (Å²) in [5, 5.41) is 7.70. The summed E-state index contributed by atoms with van der Waals surface area (Å²) in [7, 11) is 6.21. The molecule has 0 aliphatic rings. The Morgan fingerprint density at radius 3 is 1.14 bits per heavy atom. The molecule has 0 atom stereocenters. The average molecular weight is 446 g/mol. The second kappa shape index (κ2) is 9.08. The summed E-state index contributed by atoms with van der Waals surface area (Å²) in [4.78, 5) is 0. The molecular formula is C34H27B. The van der Waals surface area contributed by atoms with E-state index in [0.29, 0.717) is 6.32 Å². The van der Waals surface area contributed by atoms with Crippen molar-refractivity contribution < 1.29 is 0 Å². The summed E-state index contributed by atoms with van der Waals surface area (Å²) >= 11 is 0. The van der Waals surface area contributed by atoms with Crippen LogP contribution < -0.4 is 0 Å². The van der Waals surface area contributed by atoms with Gasteiger partial charge in [-0.3, -0.25) is 0 Å². The fourth-order valence-electron chi connectivity index (χ4n) is 6.00. The van der Waals surface area contributed by atoms with Gasteiger partial charge in [0, 0.05) is 5.41 Å². The van der Waals surface area contributed by atoms with Crippen LogP contribution in [0.2, 0.25) is 6.32 Å². The Morgan fingerprint density at radius 1 is 0.429 bits per heavy atom. The lowest BCUT2D eigenvalue weighted by Crippen LogP contribution is -2.30. The highest BCUT2D eigenvalue weighted by Crippen LogP contribution is 2.49. The van der Waals surface area contributed by atoms with Crippen molar-refractivity contribution in [2.45, 2.75) is 24.6 Å². The summed E-state index contributed by atoms with van der Waals surface area (Å²) < 4.78 is 0. The lowest BCUT2D eigenvalue weighted by atomic mass is 9.63. The largest absolute Gasteiger partial charge is 0.0886 e. The maximum Gasteiger partial charge on any atom is 0.0653 e. The van der Waals surface area contributed by atoms with Crippen molar-refractivity contribution in [2.75, 3.05) is 0 Å². The van der Waals surface area contributed by atoms with Crippen LogP contribution in [0.15, 0.2) is 127 Å². The zero-order chi connectivity index (χ0) is 23.7. The van der Waals surface area contributed by atoms with E-state index in [1.165, 1.54) is 49.0 Å². The van der Waals surface area contributed by atoms with E-state index in [0.717, 1.165) is 12.8 Å². The van der Waals surface area contributed by atoms with Gasteiger partial charge in [-0.1, -0.05) is 140 Å². The van der Waals surface area contributed by atoms with Gasteiger partial charge < -0.3 is 0 Å². The van der Waals surface area contributed by atoms with Crippen LogP contribution in [0.4, 0.5) is 0 Å². The minimum atomic E-state index is -0.359. The van der Waals surface area contributed by atoms with Gasteiger partial charge in [0.2, 0.25) is 0 Å². The first kappa shape index (κ1) is 21.7. The molecule has 6 aromatic rings. The van der Waals surface area contributed by atoms with Crippen molar-refractivity contribution in [1.29, 1.82) is 0 Å². The van der Waals surface area contributed by atoms with Gasteiger partial charge in [0.25, 0.3) is 0 Å². The van der Waals surface area contributed by atoms with E-state index in [1.54, 1.807) is 0 Å². The second-order valence-corrected chi connectivity index (χ2v) is 9.38. The van der Waals surface area contributed by atoms with E-state index in [2.05, 4.69) is 127 Å².